The Kier molecular flexibility index (Phi) is 11.3. The van der Waals surface area contributed by atoms with E-state index in [9.17, 15) is 10.2 Å². The zero-order valence-electron chi connectivity index (χ0n) is 9.30. The van der Waals surface area contributed by atoms with E-state index in [0.717, 1.165) is 0 Å². The van der Waals surface area contributed by atoms with Gasteiger partial charge in [0.1, 0.15) is 0 Å². The van der Waals surface area contributed by atoms with Crippen LogP contribution in [0.1, 0.15) is 0 Å². The lowest BCUT2D eigenvalue weighted by atomic mass is 10.5. The Morgan fingerprint density at radius 3 is 1.25 bits per heavy atom. The molecule has 20 heavy (non-hydrogen) atoms. The van der Waals surface area contributed by atoms with Crippen molar-refractivity contribution in [3.8, 4) is 0 Å². The van der Waals surface area contributed by atoms with Crippen molar-refractivity contribution < 1.29 is 19.7 Å². The van der Waals surface area contributed by atoms with Gasteiger partial charge in [-0.05, 0) is 45.2 Å². The van der Waals surface area contributed by atoms with Crippen LogP contribution in [0.2, 0.25) is 0 Å². The van der Waals surface area contributed by atoms with Gasteiger partial charge in [0.15, 0.2) is 0 Å². The molecule has 4 nitrogen and oxygen atoms in total. The standard InChI is InChI=1S/C8H8Cl6I2O4/c9-7(10,11)5(17)19-1-3(15)4(16)2-20-6(18)8(12,13)14/h5-6,17-18H,1-2H2/b4-3+/t5-,6-/m0/s1. The summed E-state index contributed by atoms with van der Waals surface area (Å²) in [6, 6.07) is 0. The molecule has 0 heterocycles. The topological polar surface area (TPSA) is 58.9 Å². The molecule has 2 atom stereocenters. The van der Waals surface area contributed by atoms with E-state index in [4.69, 9.17) is 79.1 Å². The molecule has 2 N–H and O–H groups in total. The van der Waals surface area contributed by atoms with Crippen LogP contribution in [-0.4, -0.2) is 43.6 Å². The molecular formula is C8H8Cl6I2O4. The van der Waals surface area contributed by atoms with Crippen LogP contribution in [0.25, 0.3) is 0 Å². The van der Waals surface area contributed by atoms with E-state index in [1.165, 1.54) is 0 Å². The van der Waals surface area contributed by atoms with E-state index in [-0.39, 0.29) is 13.2 Å². The highest BCUT2D eigenvalue weighted by molar-refractivity contribution is 14.1. The maximum atomic E-state index is 9.37. The maximum absolute atomic E-state index is 9.37. The van der Waals surface area contributed by atoms with E-state index in [1.807, 2.05) is 45.2 Å². The van der Waals surface area contributed by atoms with E-state index in [0.29, 0.717) is 7.16 Å². The first-order valence-electron chi connectivity index (χ1n) is 4.61. The van der Waals surface area contributed by atoms with Crippen LogP contribution < -0.4 is 0 Å². The summed E-state index contributed by atoms with van der Waals surface area (Å²) in [5, 5.41) is 18.7. The van der Waals surface area contributed by atoms with Gasteiger partial charge in [-0.15, -0.1) is 0 Å². The Morgan fingerprint density at radius 2 is 1.05 bits per heavy atom. The predicted molar refractivity (Wildman–Crippen MR) is 99.6 cm³/mol. The minimum Gasteiger partial charge on any atom is -0.365 e. The van der Waals surface area contributed by atoms with Crippen molar-refractivity contribution in [1.29, 1.82) is 0 Å². The summed E-state index contributed by atoms with van der Waals surface area (Å²) < 4.78 is 7.35. The molecule has 0 unspecified atom stereocenters. The van der Waals surface area contributed by atoms with E-state index in [1.54, 1.807) is 0 Å². The van der Waals surface area contributed by atoms with Gasteiger partial charge in [0.2, 0.25) is 20.2 Å². The first-order valence-corrected chi connectivity index (χ1v) is 9.04. The first-order chi connectivity index (χ1) is 8.85. The second-order valence-corrected chi connectivity index (χ2v) is 10.6. The van der Waals surface area contributed by atoms with Crippen LogP contribution >= 0.6 is 115 Å². The smallest absolute Gasteiger partial charge is 0.240 e. The number of ether oxygens (including phenoxy) is 2. The number of hydrogen-bond acceptors (Lipinski definition) is 4. The molecule has 0 fully saturated rings. The average Bonchev–Trinajstić information content (AvgIpc) is 2.29. The van der Waals surface area contributed by atoms with Gasteiger partial charge in [0, 0.05) is 7.16 Å². The lowest BCUT2D eigenvalue weighted by molar-refractivity contribution is -0.0889. The second kappa shape index (κ2) is 9.93. The summed E-state index contributed by atoms with van der Waals surface area (Å²) in [6.45, 7) is -0.0255. The minimum absolute atomic E-state index is 0.0128. The van der Waals surface area contributed by atoms with Crippen molar-refractivity contribution >= 4 is 115 Å². The highest BCUT2D eigenvalue weighted by atomic mass is 127. The summed E-state index contributed by atoms with van der Waals surface area (Å²) in [7, 11) is 0. The summed E-state index contributed by atoms with van der Waals surface area (Å²) in [6.07, 6.45) is -3.15. The maximum Gasteiger partial charge on any atom is 0.240 e. The van der Waals surface area contributed by atoms with Crippen LogP contribution in [0.4, 0.5) is 0 Å². The Hall–Kier alpha value is 2.78. The zero-order valence-corrected chi connectivity index (χ0v) is 18.2. The quantitative estimate of drug-likeness (QED) is 0.257. The molecule has 120 valence electrons. The molecule has 0 aliphatic carbocycles. The van der Waals surface area contributed by atoms with Crippen LogP contribution in [-0.2, 0) is 9.47 Å². The number of aliphatic hydroxyl groups excluding tert-OH is 2. The third-order valence-electron chi connectivity index (χ3n) is 1.59. The number of halogens is 8. The van der Waals surface area contributed by atoms with Crippen molar-refractivity contribution in [2.24, 2.45) is 0 Å². The Labute approximate surface area is 173 Å². The number of hydrogen-bond donors (Lipinski definition) is 2. The van der Waals surface area contributed by atoms with Gasteiger partial charge in [-0.3, -0.25) is 0 Å². The SMILES string of the molecule is O[C@@H](OC/C(I)=C(\I)CO[C@H](O)C(Cl)(Cl)Cl)C(Cl)(Cl)Cl. The second-order valence-electron chi connectivity index (χ2n) is 3.22. The molecule has 0 aromatic carbocycles. The van der Waals surface area contributed by atoms with E-state index in [2.05, 4.69) is 0 Å². The monoisotopic (exact) mass is 632 g/mol. The normalized spacial score (nSPS) is 17.7. The molecule has 0 spiro atoms. The summed E-state index contributed by atoms with van der Waals surface area (Å²) >= 11 is 36.5. The fourth-order valence-corrected chi connectivity index (χ4v) is 1.70. The third-order valence-corrected chi connectivity index (χ3v) is 5.67. The molecular weight excluding hydrogens is 627 g/mol. The van der Waals surface area contributed by atoms with Crippen molar-refractivity contribution in [2.45, 2.75) is 20.2 Å². The summed E-state index contributed by atoms with van der Waals surface area (Å²) in [4.78, 5) is 0. The number of alkyl halides is 6. The van der Waals surface area contributed by atoms with Crippen LogP contribution in [0.3, 0.4) is 0 Å². The van der Waals surface area contributed by atoms with Gasteiger partial charge >= 0.3 is 0 Å². The van der Waals surface area contributed by atoms with Crippen molar-refractivity contribution in [3.05, 3.63) is 7.16 Å². The molecule has 0 amide bonds. The lowest BCUT2D eigenvalue weighted by Gasteiger charge is -2.20. The third kappa shape index (κ3) is 9.82. The molecule has 0 aromatic rings. The van der Waals surface area contributed by atoms with E-state index >= 15 is 0 Å². The summed E-state index contributed by atoms with van der Waals surface area (Å²) in [5.41, 5.74) is 0. The Morgan fingerprint density at radius 1 is 0.800 bits per heavy atom. The highest BCUT2D eigenvalue weighted by Gasteiger charge is 2.33. The molecule has 0 saturated heterocycles. The number of rotatable bonds is 6. The molecule has 0 saturated carbocycles. The zero-order chi connectivity index (χ0) is 16.1. The largest absolute Gasteiger partial charge is 0.365 e. The van der Waals surface area contributed by atoms with Crippen molar-refractivity contribution in [1.82, 2.24) is 0 Å². The fraction of sp³-hybridized carbons (Fsp3) is 0.750. The van der Waals surface area contributed by atoms with Gasteiger partial charge in [-0.25, -0.2) is 0 Å². The molecule has 0 rings (SSSR count). The molecule has 0 aliphatic rings. The molecule has 12 heteroatoms. The van der Waals surface area contributed by atoms with E-state index < -0.39 is 20.2 Å². The van der Waals surface area contributed by atoms with Gasteiger partial charge < -0.3 is 19.7 Å². The average molecular weight is 635 g/mol. The number of aliphatic hydroxyl groups is 2. The van der Waals surface area contributed by atoms with Crippen LogP contribution in [0.15, 0.2) is 7.16 Å². The van der Waals surface area contributed by atoms with Gasteiger partial charge in [0.05, 0.1) is 13.2 Å². The van der Waals surface area contributed by atoms with Crippen LogP contribution in [0, 0.1) is 0 Å². The molecule has 0 aliphatic heterocycles. The lowest BCUT2D eigenvalue weighted by Crippen LogP contribution is -2.29. The molecule has 0 radical (unpaired) electrons. The van der Waals surface area contributed by atoms with Gasteiger partial charge in [-0.1, -0.05) is 69.6 Å². The fourth-order valence-electron chi connectivity index (χ4n) is 0.650. The first kappa shape index (κ1) is 22.8. The van der Waals surface area contributed by atoms with Gasteiger partial charge in [0.25, 0.3) is 0 Å². The van der Waals surface area contributed by atoms with Crippen LogP contribution in [0.5, 0.6) is 0 Å². The summed E-state index contributed by atoms with van der Waals surface area (Å²) in [5.74, 6) is 0. The Balaban J connectivity index is 4.33. The highest BCUT2D eigenvalue weighted by Crippen LogP contribution is 2.33. The van der Waals surface area contributed by atoms with Gasteiger partial charge in [-0.2, -0.15) is 0 Å². The molecule has 0 bridgehead atoms. The molecule has 0 aromatic heterocycles. The van der Waals surface area contributed by atoms with Crippen molar-refractivity contribution in [3.63, 3.8) is 0 Å². The van der Waals surface area contributed by atoms with Crippen molar-refractivity contribution in [2.75, 3.05) is 13.2 Å². The minimum atomic E-state index is -1.94. The predicted octanol–water partition coefficient (Wildman–Crippen LogP) is 4.48. The Bertz CT molecular complexity index is 311.